The molecule has 29 heavy (non-hydrogen) atoms. The number of sulfonamides is 1. The molecule has 0 aliphatic carbocycles. The molecule has 0 aliphatic heterocycles. The van der Waals surface area contributed by atoms with E-state index >= 15 is 0 Å². The summed E-state index contributed by atoms with van der Waals surface area (Å²) in [6.45, 7) is 3.10. The van der Waals surface area contributed by atoms with E-state index in [1.54, 1.807) is 6.92 Å². The van der Waals surface area contributed by atoms with Crippen LogP contribution in [0, 0.1) is 0 Å². The van der Waals surface area contributed by atoms with Crippen LogP contribution in [0.15, 0.2) is 52.9 Å². The van der Waals surface area contributed by atoms with Gasteiger partial charge in [-0.25, -0.2) is 8.42 Å². The first-order valence-corrected chi connectivity index (χ1v) is 10.7. The number of amides is 2. The summed E-state index contributed by atoms with van der Waals surface area (Å²) >= 11 is 0. The van der Waals surface area contributed by atoms with Crippen molar-refractivity contribution in [3.63, 3.8) is 0 Å². The van der Waals surface area contributed by atoms with Crippen molar-refractivity contribution in [3.05, 3.63) is 59.9 Å². The largest absolute Gasteiger partial charge is 0.459 e. The number of carbonyl (C=O) groups is 2. The van der Waals surface area contributed by atoms with Crippen molar-refractivity contribution >= 4 is 44.2 Å². The molecule has 1 aromatic heterocycles. The number of hydrogen-bond acceptors (Lipinski definition) is 5. The summed E-state index contributed by atoms with van der Waals surface area (Å²) in [4.78, 5) is 24.2. The molecule has 0 radical (unpaired) electrons. The van der Waals surface area contributed by atoms with Crippen LogP contribution in [0.4, 0.5) is 11.4 Å². The van der Waals surface area contributed by atoms with E-state index in [1.807, 2.05) is 30.3 Å². The molecule has 152 valence electrons. The number of nitrogens with one attached hydrogen (secondary N) is 3. The van der Waals surface area contributed by atoms with Crippen molar-refractivity contribution < 1.29 is 22.4 Å². The first kappa shape index (κ1) is 20.4. The molecule has 0 bridgehead atoms. The van der Waals surface area contributed by atoms with E-state index in [4.69, 9.17) is 4.42 Å². The molecule has 2 amide bonds. The predicted octanol–water partition coefficient (Wildman–Crippen LogP) is 3.25. The van der Waals surface area contributed by atoms with Gasteiger partial charge < -0.3 is 15.1 Å². The van der Waals surface area contributed by atoms with Gasteiger partial charge in [0.25, 0.3) is 5.91 Å². The molecule has 1 unspecified atom stereocenters. The summed E-state index contributed by atoms with van der Waals surface area (Å²) in [5, 5.41) is 6.29. The fourth-order valence-corrected chi connectivity index (χ4v) is 3.44. The summed E-state index contributed by atoms with van der Waals surface area (Å²) in [5.74, 6) is -0.262. The van der Waals surface area contributed by atoms with Crippen LogP contribution in [0.1, 0.15) is 36.0 Å². The molecular formula is C20H21N3O5S. The fraction of sp³-hybridized carbons (Fsp3) is 0.200. The molecule has 0 spiro atoms. The van der Waals surface area contributed by atoms with E-state index in [0.717, 1.165) is 11.6 Å². The van der Waals surface area contributed by atoms with Gasteiger partial charge in [0.2, 0.25) is 15.9 Å². The maximum Gasteiger partial charge on any atom is 0.254 e. The van der Waals surface area contributed by atoms with Gasteiger partial charge in [-0.1, -0.05) is 18.2 Å². The summed E-state index contributed by atoms with van der Waals surface area (Å²) in [7, 11) is -3.60. The third-order valence-corrected chi connectivity index (χ3v) is 4.69. The second kappa shape index (κ2) is 7.96. The van der Waals surface area contributed by atoms with Crippen molar-refractivity contribution in [3.8, 4) is 0 Å². The Morgan fingerprint density at radius 1 is 1.07 bits per heavy atom. The summed E-state index contributed by atoms with van der Waals surface area (Å²) in [5.41, 5.74) is 1.26. The molecule has 3 N–H and O–H groups in total. The Balaban J connectivity index is 1.89. The van der Waals surface area contributed by atoms with Gasteiger partial charge in [-0.3, -0.25) is 14.3 Å². The first-order chi connectivity index (χ1) is 13.6. The third kappa shape index (κ3) is 5.14. The van der Waals surface area contributed by atoms with E-state index < -0.39 is 22.0 Å². The van der Waals surface area contributed by atoms with Gasteiger partial charge in [-0.2, -0.15) is 0 Å². The molecule has 9 heteroatoms. The highest BCUT2D eigenvalue weighted by atomic mass is 32.2. The van der Waals surface area contributed by atoms with Crippen LogP contribution in [0.25, 0.3) is 11.0 Å². The zero-order chi connectivity index (χ0) is 21.2. The van der Waals surface area contributed by atoms with Crippen LogP contribution in [-0.2, 0) is 14.8 Å². The Labute approximate surface area is 168 Å². The lowest BCUT2D eigenvalue weighted by Gasteiger charge is -2.16. The summed E-state index contributed by atoms with van der Waals surface area (Å²) < 4.78 is 31.4. The number of para-hydroxylation sites is 1. The number of furan rings is 1. The van der Waals surface area contributed by atoms with Crippen molar-refractivity contribution in [2.24, 2.45) is 0 Å². The SMILES string of the molecule is CC(=O)Nc1ccc(NS(C)(=O)=O)c(C(=O)NC(C)c2cc3ccccc3o2)c1. The lowest BCUT2D eigenvalue weighted by Crippen LogP contribution is -2.28. The molecule has 0 saturated carbocycles. The van der Waals surface area contributed by atoms with Gasteiger partial charge in [0, 0.05) is 18.0 Å². The third-order valence-electron chi connectivity index (χ3n) is 4.10. The number of benzene rings is 2. The molecule has 2 aromatic carbocycles. The molecule has 1 heterocycles. The monoisotopic (exact) mass is 415 g/mol. The zero-order valence-corrected chi connectivity index (χ0v) is 17.0. The molecule has 0 saturated heterocycles. The van der Waals surface area contributed by atoms with Crippen LogP contribution in [0.3, 0.4) is 0 Å². The van der Waals surface area contributed by atoms with Gasteiger partial charge in [0.1, 0.15) is 11.3 Å². The normalized spacial score (nSPS) is 12.4. The molecule has 3 aromatic rings. The average Bonchev–Trinajstić information content (AvgIpc) is 3.05. The van der Waals surface area contributed by atoms with Gasteiger partial charge in [0.15, 0.2) is 0 Å². The number of rotatable bonds is 6. The maximum absolute atomic E-state index is 12.9. The van der Waals surface area contributed by atoms with Gasteiger partial charge in [-0.15, -0.1) is 0 Å². The van der Waals surface area contributed by atoms with E-state index in [2.05, 4.69) is 15.4 Å². The first-order valence-electron chi connectivity index (χ1n) is 8.81. The Hall–Kier alpha value is -3.33. The smallest absolute Gasteiger partial charge is 0.254 e. The Kier molecular flexibility index (Phi) is 5.60. The maximum atomic E-state index is 12.9. The van der Waals surface area contributed by atoms with E-state index in [-0.39, 0.29) is 17.2 Å². The van der Waals surface area contributed by atoms with E-state index in [9.17, 15) is 18.0 Å². The molecule has 1 atom stereocenters. The lowest BCUT2D eigenvalue weighted by atomic mass is 10.1. The fourth-order valence-electron chi connectivity index (χ4n) is 2.86. The van der Waals surface area contributed by atoms with Crippen LogP contribution in [-0.4, -0.2) is 26.5 Å². The minimum absolute atomic E-state index is 0.0737. The lowest BCUT2D eigenvalue weighted by molar-refractivity contribution is -0.114. The minimum Gasteiger partial charge on any atom is -0.459 e. The molecule has 3 rings (SSSR count). The average molecular weight is 415 g/mol. The second-order valence-electron chi connectivity index (χ2n) is 6.70. The number of fused-ring (bicyclic) bond motifs is 1. The number of hydrogen-bond donors (Lipinski definition) is 3. The Morgan fingerprint density at radius 2 is 1.79 bits per heavy atom. The van der Waals surface area contributed by atoms with Crippen LogP contribution < -0.4 is 15.4 Å². The van der Waals surface area contributed by atoms with Crippen LogP contribution >= 0.6 is 0 Å². The summed E-state index contributed by atoms with van der Waals surface area (Å²) in [6.07, 6.45) is 0.993. The zero-order valence-electron chi connectivity index (χ0n) is 16.1. The highest BCUT2D eigenvalue weighted by Gasteiger charge is 2.20. The summed E-state index contributed by atoms with van der Waals surface area (Å²) in [6, 6.07) is 13.2. The standard InChI is InChI=1S/C20H21N3O5S/c1-12(19-10-14-6-4-5-7-18(14)28-19)21-20(25)16-11-15(22-13(2)24)8-9-17(16)23-29(3,26)27/h4-12,23H,1-3H3,(H,21,25)(H,22,24). The van der Waals surface area contributed by atoms with E-state index in [1.165, 1.54) is 25.1 Å². The van der Waals surface area contributed by atoms with Gasteiger partial charge in [-0.05, 0) is 37.3 Å². The van der Waals surface area contributed by atoms with Crippen LogP contribution in [0.2, 0.25) is 0 Å². The van der Waals surface area contributed by atoms with Gasteiger partial charge in [0.05, 0.1) is 23.5 Å². The van der Waals surface area contributed by atoms with Crippen LogP contribution in [0.5, 0.6) is 0 Å². The Bertz CT molecular complexity index is 1150. The van der Waals surface area contributed by atoms with Crippen molar-refractivity contribution in [1.29, 1.82) is 0 Å². The topological polar surface area (TPSA) is 118 Å². The molecular weight excluding hydrogens is 394 g/mol. The van der Waals surface area contributed by atoms with Crippen molar-refractivity contribution in [2.75, 3.05) is 16.3 Å². The quantitative estimate of drug-likeness (QED) is 0.571. The Morgan fingerprint density at radius 3 is 2.45 bits per heavy atom. The van der Waals surface area contributed by atoms with Crippen molar-refractivity contribution in [2.45, 2.75) is 19.9 Å². The van der Waals surface area contributed by atoms with E-state index in [0.29, 0.717) is 17.0 Å². The second-order valence-corrected chi connectivity index (χ2v) is 8.45. The predicted molar refractivity (Wildman–Crippen MR) is 111 cm³/mol. The number of carbonyl (C=O) groups excluding carboxylic acids is 2. The number of anilines is 2. The minimum atomic E-state index is -3.60. The molecule has 8 nitrogen and oxygen atoms in total. The van der Waals surface area contributed by atoms with Crippen molar-refractivity contribution in [1.82, 2.24) is 5.32 Å². The molecule has 0 fully saturated rings. The molecule has 0 aliphatic rings. The highest BCUT2D eigenvalue weighted by Crippen LogP contribution is 2.26. The van der Waals surface area contributed by atoms with Gasteiger partial charge >= 0.3 is 0 Å². The highest BCUT2D eigenvalue weighted by molar-refractivity contribution is 7.92.